The van der Waals surface area contributed by atoms with E-state index in [1.807, 2.05) is 0 Å². The van der Waals surface area contributed by atoms with Gasteiger partial charge < -0.3 is 30.1 Å². The number of rotatable bonds is 1. The molecule has 0 aliphatic carbocycles. The molecule has 2 aliphatic heterocycles. The summed E-state index contributed by atoms with van der Waals surface area (Å²) in [5, 5.41) is 39.7. The van der Waals surface area contributed by atoms with Crippen molar-refractivity contribution >= 4 is 5.91 Å². The Morgan fingerprint density at radius 1 is 1.17 bits per heavy atom. The highest BCUT2D eigenvalue weighted by Gasteiger charge is 2.48. The SMILES string of the molecule is O=C(c1c(O)cccc1O)N1CCC2(CC1)OCC[C@H](O)[C@@H]2O. The van der Waals surface area contributed by atoms with Crippen molar-refractivity contribution in [3.63, 3.8) is 0 Å². The molecule has 3 rings (SSSR count). The fraction of sp³-hybridized carbons (Fsp3) is 0.562. The number of piperidine rings is 1. The van der Waals surface area contributed by atoms with Crippen LogP contribution in [0, 0.1) is 0 Å². The first-order valence-corrected chi connectivity index (χ1v) is 7.75. The summed E-state index contributed by atoms with van der Waals surface area (Å²) in [6, 6.07) is 4.16. The molecular formula is C16H21NO6. The molecule has 7 heteroatoms. The Balaban J connectivity index is 1.73. The number of aromatic hydroxyl groups is 2. The van der Waals surface area contributed by atoms with Gasteiger partial charge in [0.2, 0.25) is 0 Å². The average molecular weight is 323 g/mol. The van der Waals surface area contributed by atoms with Gasteiger partial charge in [0.25, 0.3) is 5.91 Å². The second-order valence-corrected chi connectivity index (χ2v) is 6.18. The number of aliphatic hydroxyl groups excluding tert-OH is 2. The fourth-order valence-corrected chi connectivity index (χ4v) is 3.41. The largest absolute Gasteiger partial charge is 0.507 e. The predicted molar refractivity (Wildman–Crippen MR) is 80.2 cm³/mol. The minimum absolute atomic E-state index is 0.117. The van der Waals surface area contributed by atoms with Crippen LogP contribution in [0.2, 0.25) is 0 Å². The molecule has 2 fully saturated rings. The Bertz CT molecular complexity index is 576. The molecule has 2 heterocycles. The first-order valence-electron chi connectivity index (χ1n) is 7.75. The highest BCUT2D eigenvalue weighted by molar-refractivity contribution is 5.99. The van der Waals surface area contributed by atoms with Crippen molar-refractivity contribution < 1.29 is 30.0 Å². The van der Waals surface area contributed by atoms with Crippen LogP contribution in [0.4, 0.5) is 0 Å². The Kier molecular flexibility index (Phi) is 4.18. The van der Waals surface area contributed by atoms with E-state index in [2.05, 4.69) is 0 Å². The molecule has 2 saturated heterocycles. The lowest BCUT2D eigenvalue weighted by Gasteiger charge is -2.48. The van der Waals surface area contributed by atoms with Gasteiger partial charge in [-0.25, -0.2) is 0 Å². The molecule has 0 bridgehead atoms. The number of likely N-dealkylation sites (tertiary alicyclic amines) is 1. The van der Waals surface area contributed by atoms with E-state index in [1.165, 1.54) is 23.1 Å². The van der Waals surface area contributed by atoms with E-state index >= 15 is 0 Å². The van der Waals surface area contributed by atoms with Crippen molar-refractivity contribution in [2.45, 2.75) is 37.1 Å². The van der Waals surface area contributed by atoms with Crippen LogP contribution >= 0.6 is 0 Å². The Morgan fingerprint density at radius 3 is 2.39 bits per heavy atom. The molecule has 7 nitrogen and oxygen atoms in total. The lowest BCUT2D eigenvalue weighted by Crippen LogP contribution is -2.60. The van der Waals surface area contributed by atoms with Crippen molar-refractivity contribution in [1.29, 1.82) is 0 Å². The van der Waals surface area contributed by atoms with Crippen LogP contribution in [0.3, 0.4) is 0 Å². The van der Waals surface area contributed by atoms with E-state index in [0.717, 1.165) is 0 Å². The first-order chi connectivity index (χ1) is 10.9. The van der Waals surface area contributed by atoms with Crippen molar-refractivity contribution in [2.24, 2.45) is 0 Å². The lowest BCUT2D eigenvalue weighted by molar-refractivity contribution is -0.212. The fourth-order valence-electron chi connectivity index (χ4n) is 3.41. The molecule has 1 aromatic carbocycles. The molecule has 2 atom stereocenters. The summed E-state index contributed by atoms with van der Waals surface area (Å²) in [4.78, 5) is 14.0. The smallest absolute Gasteiger partial charge is 0.261 e. The van der Waals surface area contributed by atoms with E-state index in [-0.39, 0.29) is 17.1 Å². The van der Waals surface area contributed by atoms with Gasteiger partial charge in [0, 0.05) is 13.1 Å². The van der Waals surface area contributed by atoms with E-state index in [1.54, 1.807) is 0 Å². The van der Waals surface area contributed by atoms with Gasteiger partial charge in [-0.1, -0.05) is 6.07 Å². The van der Waals surface area contributed by atoms with Crippen LogP contribution in [0.5, 0.6) is 11.5 Å². The van der Waals surface area contributed by atoms with Gasteiger partial charge in [0.05, 0.1) is 18.3 Å². The van der Waals surface area contributed by atoms with Gasteiger partial charge in [-0.3, -0.25) is 4.79 Å². The molecule has 2 aliphatic rings. The highest BCUT2D eigenvalue weighted by atomic mass is 16.5. The number of phenolic OH excluding ortho intramolecular Hbond substituents is 2. The number of phenols is 2. The summed E-state index contributed by atoms with van der Waals surface area (Å²) in [5.41, 5.74) is -0.941. The quantitative estimate of drug-likeness (QED) is 0.588. The normalized spacial score (nSPS) is 27.1. The van der Waals surface area contributed by atoms with Crippen molar-refractivity contribution in [3.8, 4) is 11.5 Å². The number of ether oxygens (including phenoxy) is 1. The van der Waals surface area contributed by atoms with Crippen LogP contribution in [-0.4, -0.2) is 68.7 Å². The zero-order chi connectivity index (χ0) is 16.6. The lowest BCUT2D eigenvalue weighted by atomic mass is 9.80. The molecule has 23 heavy (non-hydrogen) atoms. The van der Waals surface area contributed by atoms with Gasteiger partial charge >= 0.3 is 0 Å². The summed E-state index contributed by atoms with van der Waals surface area (Å²) in [6.07, 6.45) is -0.589. The second-order valence-electron chi connectivity index (χ2n) is 6.18. The van der Waals surface area contributed by atoms with Crippen molar-refractivity contribution in [2.75, 3.05) is 19.7 Å². The average Bonchev–Trinajstić information content (AvgIpc) is 2.53. The highest BCUT2D eigenvalue weighted by Crippen LogP contribution is 2.37. The molecule has 0 aromatic heterocycles. The number of carbonyl (C=O) groups excluding carboxylic acids is 1. The zero-order valence-corrected chi connectivity index (χ0v) is 12.7. The number of benzene rings is 1. The first kappa shape index (κ1) is 16.0. The molecule has 0 radical (unpaired) electrons. The molecule has 0 saturated carbocycles. The molecule has 126 valence electrons. The molecule has 4 N–H and O–H groups in total. The van der Waals surface area contributed by atoms with Gasteiger partial charge in [0.15, 0.2) is 0 Å². The van der Waals surface area contributed by atoms with Gasteiger partial charge in [0.1, 0.15) is 23.2 Å². The van der Waals surface area contributed by atoms with Crippen LogP contribution in [0.25, 0.3) is 0 Å². The van der Waals surface area contributed by atoms with Gasteiger partial charge in [-0.05, 0) is 31.4 Å². The van der Waals surface area contributed by atoms with Crippen molar-refractivity contribution in [3.05, 3.63) is 23.8 Å². The van der Waals surface area contributed by atoms with E-state index in [4.69, 9.17) is 4.74 Å². The summed E-state index contributed by atoms with van der Waals surface area (Å²) in [7, 11) is 0. The van der Waals surface area contributed by atoms with Crippen LogP contribution in [0.15, 0.2) is 18.2 Å². The maximum Gasteiger partial charge on any atom is 0.261 e. The number of aliphatic hydroxyl groups is 2. The van der Waals surface area contributed by atoms with Crippen LogP contribution < -0.4 is 0 Å². The predicted octanol–water partition coefficient (Wildman–Crippen LogP) is 0.215. The number of carbonyl (C=O) groups is 1. The second kappa shape index (κ2) is 5.99. The molecule has 1 amide bonds. The third kappa shape index (κ3) is 2.75. The van der Waals surface area contributed by atoms with Crippen LogP contribution in [0.1, 0.15) is 29.6 Å². The number of nitrogens with zero attached hydrogens (tertiary/aromatic N) is 1. The summed E-state index contributed by atoms with van der Waals surface area (Å²) >= 11 is 0. The van der Waals surface area contributed by atoms with Crippen molar-refractivity contribution in [1.82, 2.24) is 4.90 Å². The summed E-state index contributed by atoms with van der Waals surface area (Å²) < 4.78 is 5.72. The Labute approximate surface area is 133 Å². The number of hydrogen-bond acceptors (Lipinski definition) is 6. The van der Waals surface area contributed by atoms with E-state index in [9.17, 15) is 25.2 Å². The maximum atomic E-state index is 12.5. The van der Waals surface area contributed by atoms with Crippen LogP contribution in [-0.2, 0) is 4.74 Å². The number of amides is 1. The standard InChI is InChI=1S/C16H21NO6/c18-10-2-1-3-11(19)13(10)15(22)17-7-5-16(6-8-17)14(21)12(20)4-9-23-16/h1-3,12,14,18-21H,4-9H2/t12-,14-/m0/s1. The zero-order valence-electron chi connectivity index (χ0n) is 12.7. The Morgan fingerprint density at radius 2 is 1.78 bits per heavy atom. The van der Waals surface area contributed by atoms with Gasteiger partial charge in [-0.15, -0.1) is 0 Å². The molecule has 1 spiro atoms. The minimum Gasteiger partial charge on any atom is -0.507 e. The minimum atomic E-state index is -0.966. The maximum absolute atomic E-state index is 12.5. The molecule has 0 unspecified atom stereocenters. The van der Waals surface area contributed by atoms with E-state index in [0.29, 0.717) is 39.0 Å². The Hall–Kier alpha value is -1.83. The third-order valence-electron chi connectivity index (χ3n) is 4.84. The molecule has 1 aromatic rings. The third-order valence-corrected chi connectivity index (χ3v) is 4.84. The number of hydrogen-bond donors (Lipinski definition) is 4. The monoisotopic (exact) mass is 323 g/mol. The van der Waals surface area contributed by atoms with E-state index < -0.39 is 23.7 Å². The molecular weight excluding hydrogens is 302 g/mol. The van der Waals surface area contributed by atoms with Gasteiger partial charge in [-0.2, -0.15) is 0 Å². The summed E-state index contributed by atoms with van der Waals surface area (Å²) in [5.74, 6) is -0.986. The summed E-state index contributed by atoms with van der Waals surface area (Å²) in [6.45, 7) is 1.01. The topological polar surface area (TPSA) is 110 Å².